The summed E-state index contributed by atoms with van der Waals surface area (Å²) in [5, 5.41) is 3.43. The van der Waals surface area contributed by atoms with Gasteiger partial charge in [0.15, 0.2) is 0 Å². The molecule has 1 fully saturated rings. The van der Waals surface area contributed by atoms with Crippen molar-refractivity contribution in [2.24, 2.45) is 0 Å². The monoisotopic (exact) mass is 397 g/mol. The molecule has 0 spiro atoms. The number of hydrogen-bond acceptors (Lipinski definition) is 5. The van der Waals surface area contributed by atoms with E-state index in [0.29, 0.717) is 17.8 Å². The predicted molar refractivity (Wildman–Crippen MR) is 126 cm³/mol. The number of rotatable bonds is 6. The minimum atomic E-state index is -1.13. The Kier molecular flexibility index (Phi) is 6.10. The van der Waals surface area contributed by atoms with Gasteiger partial charge in [0, 0.05) is 30.9 Å². The lowest BCUT2D eigenvalue weighted by molar-refractivity contribution is 0.357. The van der Waals surface area contributed by atoms with Crippen LogP contribution >= 0.6 is 9.39 Å². The summed E-state index contributed by atoms with van der Waals surface area (Å²) in [7, 11) is -1.13. The molecule has 1 aliphatic heterocycles. The van der Waals surface area contributed by atoms with Crippen LogP contribution in [-0.4, -0.2) is 51.4 Å². The third-order valence-corrected chi connectivity index (χ3v) is 6.89. The molecule has 1 aromatic heterocycles. The van der Waals surface area contributed by atoms with Gasteiger partial charge in [-0.2, -0.15) is 14.4 Å². The Morgan fingerprint density at radius 1 is 1.25 bits per heavy atom. The molecule has 1 aliphatic rings. The number of aromatic nitrogens is 2. The van der Waals surface area contributed by atoms with Crippen molar-refractivity contribution < 1.29 is 0 Å². The van der Waals surface area contributed by atoms with Gasteiger partial charge in [-0.1, -0.05) is 49.5 Å². The normalized spacial score (nSPS) is 16.1. The van der Waals surface area contributed by atoms with Crippen LogP contribution < -0.4 is 11.1 Å². The minimum absolute atomic E-state index is 0.340. The fourth-order valence-corrected chi connectivity index (χ4v) is 4.68. The molecule has 1 saturated heterocycles. The highest BCUT2D eigenvalue weighted by Gasteiger charge is 2.21. The van der Waals surface area contributed by atoms with Gasteiger partial charge in [0.25, 0.3) is 0 Å². The number of nitrogens with two attached hydrogens (primary N) is 1. The van der Waals surface area contributed by atoms with Gasteiger partial charge in [-0.25, -0.2) is 4.98 Å². The van der Waals surface area contributed by atoms with Gasteiger partial charge in [-0.3, -0.25) is 4.31 Å². The van der Waals surface area contributed by atoms with Crippen molar-refractivity contribution in [3.8, 4) is 0 Å². The number of hydrogen-bond donors (Lipinski definition) is 2. The fourth-order valence-electron chi connectivity index (χ4n) is 3.59. The van der Waals surface area contributed by atoms with Crippen molar-refractivity contribution in [1.82, 2.24) is 14.3 Å². The minimum Gasteiger partial charge on any atom is -0.383 e. The van der Waals surface area contributed by atoms with Crippen LogP contribution in [0.1, 0.15) is 36.5 Å². The van der Waals surface area contributed by atoms with Gasteiger partial charge >= 0.3 is 0 Å². The Morgan fingerprint density at radius 3 is 2.54 bits per heavy atom. The van der Waals surface area contributed by atoms with E-state index in [1.54, 1.807) is 6.20 Å². The summed E-state index contributed by atoms with van der Waals surface area (Å²) in [6.07, 6.45) is 6.90. The Labute approximate surface area is 169 Å². The van der Waals surface area contributed by atoms with E-state index in [4.69, 9.17) is 5.73 Å². The van der Waals surface area contributed by atoms with Crippen molar-refractivity contribution in [1.29, 1.82) is 0 Å². The standard InChI is InChI=1S/C22H31N5S/c1-6-17-9-7-8-10-19(17)16(2)20-15-24-22(26-21(20)23)25-18-11-13-27(14-12-18)28(3,4)5/h7-10,15,18H,2-4,6,11-14H2,1,5H3,(H3,23,24,25,26). The molecule has 0 unspecified atom stereocenters. The quantitative estimate of drug-likeness (QED) is 0.726. The lowest BCUT2D eigenvalue weighted by Gasteiger charge is -2.35. The lowest BCUT2D eigenvalue weighted by Crippen LogP contribution is -2.37. The Bertz CT molecular complexity index is 957. The van der Waals surface area contributed by atoms with Crippen LogP contribution in [0.25, 0.3) is 5.57 Å². The molecule has 28 heavy (non-hydrogen) atoms. The zero-order valence-corrected chi connectivity index (χ0v) is 17.8. The van der Waals surface area contributed by atoms with Gasteiger partial charge in [-0.05, 0) is 42.2 Å². The number of nitrogens with zero attached hydrogens (tertiary/aromatic N) is 3. The second-order valence-electron chi connectivity index (χ2n) is 7.55. The summed E-state index contributed by atoms with van der Waals surface area (Å²) in [6.45, 7) is 8.37. The molecule has 2 heterocycles. The van der Waals surface area contributed by atoms with E-state index in [1.807, 2.05) is 12.1 Å². The van der Waals surface area contributed by atoms with Gasteiger partial charge in [0.1, 0.15) is 5.82 Å². The molecular formula is C22H31N5S. The third-order valence-electron chi connectivity index (χ3n) is 5.28. The average Bonchev–Trinajstić information content (AvgIpc) is 2.67. The van der Waals surface area contributed by atoms with Crippen LogP contribution in [0.3, 0.4) is 0 Å². The number of anilines is 2. The smallest absolute Gasteiger partial charge is 0.224 e. The van der Waals surface area contributed by atoms with Gasteiger partial charge in [-0.15, -0.1) is 0 Å². The van der Waals surface area contributed by atoms with E-state index in [1.165, 1.54) is 5.56 Å². The molecule has 3 rings (SSSR count). The summed E-state index contributed by atoms with van der Waals surface area (Å²) in [5.41, 5.74) is 10.3. The number of benzene rings is 1. The molecule has 150 valence electrons. The molecular weight excluding hydrogens is 366 g/mol. The number of nitrogen functional groups attached to an aromatic ring is 1. The molecule has 3 N–H and O–H groups in total. The molecule has 0 atom stereocenters. The SMILES string of the molecule is C=C(c1ccccc1CC)c1cnc(NC2CCN(S(=C)(=C)C)CC2)nc1N. The number of nitrogens with one attached hydrogen (secondary N) is 1. The van der Waals surface area contributed by atoms with Crippen LogP contribution in [-0.2, 0) is 6.42 Å². The largest absolute Gasteiger partial charge is 0.383 e. The summed E-state index contributed by atoms with van der Waals surface area (Å²) < 4.78 is 2.39. The Balaban J connectivity index is 1.70. The molecule has 0 aliphatic carbocycles. The highest BCUT2D eigenvalue weighted by Crippen LogP contribution is 2.29. The van der Waals surface area contributed by atoms with Crippen molar-refractivity contribution in [2.45, 2.75) is 32.2 Å². The molecule has 6 heteroatoms. The average molecular weight is 398 g/mol. The first-order valence-electron chi connectivity index (χ1n) is 9.65. The molecule has 1 aromatic carbocycles. The molecule has 0 saturated carbocycles. The Morgan fingerprint density at radius 2 is 1.93 bits per heavy atom. The summed E-state index contributed by atoms with van der Waals surface area (Å²) in [6, 6.07) is 8.59. The maximum Gasteiger partial charge on any atom is 0.224 e. The van der Waals surface area contributed by atoms with Crippen molar-refractivity contribution in [3.63, 3.8) is 0 Å². The summed E-state index contributed by atoms with van der Waals surface area (Å²) in [4.78, 5) is 9.01. The fraction of sp³-hybridized carbons (Fsp3) is 0.364. The highest BCUT2D eigenvalue weighted by atomic mass is 32.2. The van der Waals surface area contributed by atoms with E-state index in [-0.39, 0.29) is 0 Å². The lowest BCUT2D eigenvalue weighted by atomic mass is 9.95. The predicted octanol–water partition coefficient (Wildman–Crippen LogP) is 3.77. The second kappa shape index (κ2) is 8.37. The molecule has 0 radical (unpaired) electrons. The van der Waals surface area contributed by atoms with Crippen LogP contribution in [0.15, 0.2) is 37.0 Å². The zero-order valence-electron chi connectivity index (χ0n) is 16.9. The van der Waals surface area contributed by atoms with Crippen LogP contribution in [0, 0.1) is 0 Å². The van der Waals surface area contributed by atoms with Crippen LogP contribution in [0.4, 0.5) is 11.8 Å². The van der Waals surface area contributed by atoms with Gasteiger partial charge in [0.05, 0.1) is 0 Å². The molecule has 0 bridgehead atoms. The third kappa shape index (κ3) is 4.56. The molecule has 5 nitrogen and oxygen atoms in total. The van der Waals surface area contributed by atoms with Crippen molar-refractivity contribution in [3.05, 3.63) is 53.7 Å². The van der Waals surface area contributed by atoms with E-state index < -0.39 is 9.39 Å². The Hall–Kier alpha value is -2.31. The summed E-state index contributed by atoms with van der Waals surface area (Å²) in [5.74, 6) is 9.45. The first kappa shape index (κ1) is 20.4. The topological polar surface area (TPSA) is 67.1 Å². The van der Waals surface area contributed by atoms with Crippen LogP contribution in [0.5, 0.6) is 0 Å². The van der Waals surface area contributed by atoms with Crippen molar-refractivity contribution >= 4 is 38.5 Å². The first-order valence-corrected chi connectivity index (χ1v) is 12.0. The zero-order chi connectivity index (χ0) is 20.3. The summed E-state index contributed by atoms with van der Waals surface area (Å²) >= 11 is 0. The van der Waals surface area contributed by atoms with Gasteiger partial charge < -0.3 is 11.1 Å². The van der Waals surface area contributed by atoms with E-state index >= 15 is 0 Å². The highest BCUT2D eigenvalue weighted by molar-refractivity contribution is 8.25. The number of aryl methyl sites for hydroxylation is 1. The first-order chi connectivity index (χ1) is 13.3. The maximum absolute atomic E-state index is 6.26. The van der Waals surface area contributed by atoms with Gasteiger partial charge in [0.2, 0.25) is 5.95 Å². The molecule has 0 amide bonds. The van der Waals surface area contributed by atoms with E-state index in [9.17, 15) is 0 Å². The number of piperidine rings is 1. The van der Waals surface area contributed by atoms with Crippen molar-refractivity contribution in [2.75, 3.05) is 30.4 Å². The molecule has 2 aromatic rings. The van der Waals surface area contributed by atoms with E-state index in [2.05, 4.69) is 63.2 Å². The second-order valence-corrected chi connectivity index (χ2v) is 10.5. The maximum atomic E-state index is 6.26. The van der Waals surface area contributed by atoms with Crippen LogP contribution in [0.2, 0.25) is 0 Å². The van der Waals surface area contributed by atoms with E-state index in [0.717, 1.165) is 49.1 Å².